The first-order valence-corrected chi connectivity index (χ1v) is 5.16. The van der Waals surface area contributed by atoms with Gasteiger partial charge in [0.05, 0.1) is 11.6 Å². The Hall–Kier alpha value is -0.360. The highest BCUT2D eigenvalue weighted by atomic mass is 32.2. The minimum atomic E-state index is -0.935. The third kappa shape index (κ3) is 1.87. The van der Waals surface area contributed by atoms with Gasteiger partial charge in [-0.1, -0.05) is 0 Å². The molecule has 1 fully saturated rings. The van der Waals surface area contributed by atoms with Gasteiger partial charge in [0.15, 0.2) is 0 Å². The molecule has 1 aliphatic heterocycles. The van der Waals surface area contributed by atoms with Gasteiger partial charge in [-0.2, -0.15) is 12.6 Å². The second kappa shape index (κ2) is 4.04. The molecule has 0 radical (unpaired) electrons. The standard InChI is InChI=1S/C6H9NO3S2/c8-5(1-11)7-3-12-2-4(7)6(9)10/h4,11H,1-3H2,(H,9,10). The summed E-state index contributed by atoms with van der Waals surface area (Å²) in [5.41, 5.74) is 0. The van der Waals surface area contributed by atoms with E-state index >= 15 is 0 Å². The van der Waals surface area contributed by atoms with E-state index in [0.717, 1.165) is 0 Å². The Morgan fingerprint density at radius 3 is 2.83 bits per heavy atom. The van der Waals surface area contributed by atoms with Crippen molar-refractivity contribution in [2.75, 3.05) is 17.4 Å². The number of nitrogens with zero attached hydrogens (tertiary/aromatic N) is 1. The summed E-state index contributed by atoms with van der Waals surface area (Å²) in [6.07, 6.45) is 0. The lowest BCUT2D eigenvalue weighted by Gasteiger charge is -2.18. The van der Waals surface area contributed by atoms with Gasteiger partial charge in [0.25, 0.3) is 0 Å². The Kier molecular flexibility index (Phi) is 3.28. The summed E-state index contributed by atoms with van der Waals surface area (Å²) < 4.78 is 0. The molecule has 0 aliphatic carbocycles. The fourth-order valence-corrected chi connectivity index (χ4v) is 2.34. The van der Waals surface area contributed by atoms with E-state index in [1.807, 2.05) is 0 Å². The summed E-state index contributed by atoms with van der Waals surface area (Å²) in [5.74, 6) is -0.124. The smallest absolute Gasteiger partial charge is 0.327 e. The zero-order chi connectivity index (χ0) is 9.14. The molecular formula is C6H9NO3S2. The van der Waals surface area contributed by atoms with Gasteiger partial charge in [0.1, 0.15) is 6.04 Å². The summed E-state index contributed by atoms with van der Waals surface area (Å²) in [7, 11) is 0. The first-order chi connectivity index (χ1) is 5.66. The molecule has 0 aromatic heterocycles. The third-order valence-corrected chi connectivity index (χ3v) is 2.91. The summed E-state index contributed by atoms with van der Waals surface area (Å²) in [4.78, 5) is 23.0. The van der Waals surface area contributed by atoms with Crippen LogP contribution in [0.15, 0.2) is 0 Å². The molecule has 0 saturated carbocycles. The van der Waals surface area contributed by atoms with Crippen LogP contribution in [-0.4, -0.2) is 45.3 Å². The number of carboxylic acid groups (broad SMARTS) is 1. The molecule has 1 amide bonds. The molecule has 12 heavy (non-hydrogen) atoms. The lowest BCUT2D eigenvalue weighted by molar-refractivity contribution is -0.146. The largest absolute Gasteiger partial charge is 0.480 e. The number of carbonyl (C=O) groups excluding carboxylic acids is 1. The Morgan fingerprint density at radius 2 is 2.33 bits per heavy atom. The molecule has 1 unspecified atom stereocenters. The molecule has 0 bridgehead atoms. The average Bonchev–Trinajstić information content (AvgIpc) is 2.50. The van der Waals surface area contributed by atoms with Crippen LogP contribution >= 0.6 is 24.4 Å². The van der Waals surface area contributed by atoms with E-state index in [-0.39, 0.29) is 11.7 Å². The molecule has 1 heterocycles. The molecule has 1 atom stereocenters. The van der Waals surface area contributed by atoms with Gasteiger partial charge in [-0.05, 0) is 0 Å². The normalized spacial score (nSPS) is 22.8. The first-order valence-electron chi connectivity index (χ1n) is 3.37. The van der Waals surface area contributed by atoms with Crippen LogP contribution in [0.3, 0.4) is 0 Å². The molecule has 1 rings (SSSR count). The Labute approximate surface area is 79.7 Å². The van der Waals surface area contributed by atoms with E-state index in [1.165, 1.54) is 16.7 Å². The highest BCUT2D eigenvalue weighted by Crippen LogP contribution is 2.21. The number of amides is 1. The summed E-state index contributed by atoms with van der Waals surface area (Å²) >= 11 is 5.26. The van der Waals surface area contributed by atoms with E-state index in [1.54, 1.807) is 0 Å². The molecular weight excluding hydrogens is 198 g/mol. The van der Waals surface area contributed by atoms with Crippen LogP contribution < -0.4 is 0 Å². The van der Waals surface area contributed by atoms with Crippen molar-refractivity contribution in [3.8, 4) is 0 Å². The van der Waals surface area contributed by atoms with Gasteiger partial charge in [-0.25, -0.2) is 4.79 Å². The number of carbonyl (C=O) groups is 2. The van der Waals surface area contributed by atoms with E-state index < -0.39 is 12.0 Å². The highest BCUT2D eigenvalue weighted by molar-refractivity contribution is 7.99. The van der Waals surface area contributed by atoms with Gasteiger partial charge in [0.2, 0.25) is 5.91 Å². The number of rotatable bonds is 2. The second-order valence-corrected chi connectivity index (χ2v) is 3.69. The van der Waals surface area contributed by atoms with Crippen molar-refractivity contribution in [3.05, 3.63) is 0 Å². The predicted octanol–water partition coefficient (Wildman–Crippen LogP) is -0.0977. The molecule has 1 aliphatic rings. The van der Waals surface area contributed by atoms with E-state index in [4.69, 9.17) is 5.11 Å². The monoisotopic (exact) mass is 207 g/mol. The summed E-state index contributed by atoms with van der Waals surface area (Å²) in [5, 5.41) is 8.70. The number of aliphatic carboxylic acids is 1. The van der Waals surface area contributed by atoms with Gasteiger partial charge < -0.3 is 10.0 Å². The number of hydrogen-bond acceptors (Lipinski definition) is 4. The van der Waals surface area contributed by atoms with Crippen LogP contribution in [0.2, 0.25) is 0 Å². The Balaban J connectivity index is 2.63. The van der Waals surface area contributed by atoms with Gasteiger partial charge in [0, 0.05) is 5.75 Å². The summed E-state index contributed by atoms with van der Waals surface area (Å²) in [6.45, 7) is 0. The second-order valence-electron chi connectivity index (χ2n) is 2.38. The topological polar surface area (TPSA) is 57.6 Å². The number of hydrogen-bond donors (Lipinski definition) is 2. The Bertz CT molecular complexity index is 209. The van der Waals surface area contributed by atoms with Gasteiger partial charge >= 0.3 is 5.97 Å². The highest BCUT2D eigenvalue weighted by Gasteiger charge is 2.33. The van der Waals surface area contributed by atoms with Crippen LogP contribution in [0.4, 0.5) is 0 Å². The SMILES string of the molecule is O=C(O)C1CSCN1C(=O)CS. The van der Waals surface area contributed by atoms with Crippen molar-refractivity contribution in [2.24, 2.45) is 0 Å². The molecule has 0 spiro atoms. The average molecular weight is 207 g/mol. The zero-order valence-corrected chi connectivity index (χ0v) is 7.98. The van der Waals surface area contributed by atoms with Crippen LogP contribution in [0.1, 0.15) is 0 Å². The zero-order valence-electron chi connectivity index (χ0n) is 6.27. The quantitative estimate of drug-likeness (QED) is 0.621. The van der Waals surface area contributed by atoms with E-state index in [9.17, 15) is 9.59 Å². The van der Waals surface area contributed by atoms with E-state index in [2.05, 4.69) is 12.6 Å². The van der Waals surface area contributed by atoms with Crippen molar-refractivity contribution in [2.45, 2.75) is 6.04 Å². The van der Waals surface area contributed by atoms with Crippen LogP contribution in [-0.2, 0) is 9.59 Å². The van der Waals surface area contributed by atoms with Crippen molar-refractivity contribution in [3.63, 3.8) is 0 Å². The molecule has 0 aromatic rings. The van der Waals surface area contributed by atoms with Gasteiger partial charge in [-0.3, -0.25) is 4.79 Å². The maximum Gasteiger partial charge on any atom is 0.327 e. The fraction of sp³-hybridized carbons (Fsp3) is 0.667. The number of thioether (sulfide) groups is 1. The first kappa shape index (κ1) is 9.73. The maximum atomic E-state index is 11.1. The molecule has 0 aromatic carbocycles. The van der Waals surface area contributed by atoms with Crippen molar-refractivity contribution < 1.29 is 14.7 Å². The van der Waals surface area contributed by atoms with Gasteiger partial charge in [-0.15, -0.1) is 11.8 Å². The van der Waals surface area contributed by atoms with Crippen molar-refractivity contribution in [1.29, 1.82) is 0 Å². The lowest BCUT2D eigenvalue weighted by atomic mass is 10.3. The summed E-state index contributed by atoms with van der Waals surface area (Å²) in [6, 6.07) is -0.658. The fourth-order valence-electron chi connectivity index (χ4n) is 0.984. The lowest BCUT2D eigenvalue weighted by Crippen LogP contribution is -2.42. The van der Waals surface area contributed by atoms with Crippen LogP contribution in [0.5, 0.6) is 0 Å². The number of thiol groups is 1. The molecule has 1 N–H and O–H groups in total. The van der Waals surface area contributed by atoms with E-state index in [0.29, 0.717) is 11.6 Å². The number of carboxylic acids is 1. The minimum absolute atomic E-state index is 0.0737. The predicted molar refractivity (Wildman–Crippen MR) is 49.4 cm³/mol. The van der Waals surface area contributed by atoms with Crippen molar-refractivity contribution >= 4 is 36.3 Å². The third-order valence-electron chi connectivity index (χ3n) is 1.62. The van der Waals surface area contributed by atoms with Crippen molar-refractivity contribution in [1.82, 2.24) is 4.90 Å². The maximum absolute atomic E-state index is 11.1. The minimum Gasteiger partial charge on any atom is -0.480 e. The van der Waals surface area contributed by atoms with Crippen LogP contribution in [0, 0.1) is 0 Å². The Morgan fingerprint density at radius 1 is 1.67 bits per heavy atom. The molecule has 6 heteroatoms. The van der Waals surface area contributed by atoms with Crippen LogP contribution in [0.25, 0.3) is 0 Å². The molecule has 1 saturated heterocycles. The molecule has 68 valence electrons. The molecule has 4 nitrogen and oxygen atoms in total.